The molecule has 1 unspecified atom stereocenters. The van der Waals surface area contributed by atoms with Gasteiger partial charge in [0, 0.05) is 12.8 Å². The number of pyridine rings is 1. The Morgan fingerprint density at radius 1 is 1.50 bits per heavy atom. The van der Waals surface area contributed by atoms with E-state index in [1.165, 1.54) is 0 Å². The second-order valence-electron chi connectivity index (χ2n) is 3.96. The molecule has 0 aliphatic carbocycles. The van der Waals surface area contributed by atoms with Crippen molar-refractivity contribution in [1.82, 2.24) is 9.38 Å². The monoisotopic (exact) mass is 218 g/mol. The molecule has 16 heavy (non-hydrogen) atoms. The molecule has 0 radical (unpaired) electrons. The molecular formula is C12H14N2O2. The summed E-state index contributed by atoms with van der Waals surface area (Å²) in [5.74, 6) is 0.800. The minimum absolute atomic E-state index is 0.157. The van der Waals surface area contributed by atoms with Crippen molar-refractivity contribution in [3.8, 4) is 5.88 Å². The molecular weight excluding hydrogens is 204 g/mol. The molecule has 0 spiro atoms. The molecule has 0 saturated carbocycles. The first-order valence-electron chi connectivity index (χ1n) is 5.52. The molecule has 0 bridgehead atoms. The standard InChI is InChI=1S/C12H14N2O2/c1-15-12-6-2-5-11-13-9(8-14(11)12)10-4-3-7-16-10/h2,5-6,8,10H,3-4,7H2,1H3. The van der Waals surface area contributed by atoms with Gasteiger partial charge in [-0.15, -0.1) is 0 Å². The SMILES string of the molecule is COc1cccc2nc(C3CCCO3)cn12. The quantitative estimate of drug-likeness (QED) is 0.775. The second-order valence-corrected chi connectivity index (χ2v) is 3.96. The summed E-state index contributed by atoms with van der Waals surface area (Å²) in [5, 5.41) is 0. The summed E-state index contributed by atoms with van der Waals surface area (Å²) in [7, 11) is 1.67. The van der Waals surface area contributed by atoms with Crippen LogP contribution in [0, 0.1) is 0 Å². The molecule has 84 valence electrons. The van der Waals surface area contributed by atoms with E-state index in [9.17, 15) is 0 Å². The maximum Gasteiger partial charge on any atom is 0.198 e. The molecule has 0 aromatic carbocycles. The van der Waals surface area contributed by atoms with Gasteiger partial charge in [0.05, 0.1) is 12.8 Å². The lowest BCUT2D eigenvalue weighted by atomic mass is 10.2. The number of rotatable bonds is 2. The van der Waals surface area contributed by atoms with Crippen LogP contribution in [0.4, 0.5) is 0 Å². The highest BCUT2D eigenvalue weighted by Gasteiger charge is 2.20. The van der Waals surface area contributed by atoms with Crippen LogP contribution in [0.3, 0.4) is 0 Å². The molecule has 2 aromatic heterocycles. The minimum Gasteiger partial charge on any atom is -0.482 e. The zero-order valence-electron chi connectivity index (χ0n) is 9.22. The lowest BCUT2D eigenvalue weighted by Crippen LogP contribution is -1.95. The Labute approximate surface area is 93.8 Å². The van der Waals surface area contributed by atoms with Gasteiger partial charge in [0.1, 0.15) is 11.8 Å². The summed E-state index contributed by atoms with van der Waals surface area (Å²) in [6, 6.07) is 5.84. The average Bonchev–Trinajstić information content (AvgIpc) is 2.96. The number of hydrogen-bond donors (Lipinski definition) is 0. The van der Waals surface area contributed by atoms with Crippen LogP contribution in [0.25, 0.3) is 5.65 Å². The van der Waals surface area contributed by atoms with E-state index in [0.717, 1.165) is 36.7 Å². The van der Waals surface area contributed by atoms with Crippen LogP contribution in [0.5, 0.6) is 5.88 Å². The Bertz CT molecular complexity index is 501. The molecule has 1 aliphatic rings. The predicted octanol–water partition coefficient (Wildman–Crippen LogP) is 2.19. The normalized spacial score (nSPS) is 20.4. The van der Waals surface area contributed by atoms with Crippen molar-refractivity contribution in [1.29, 1.82) is 0 Å². The Morgan fingerprint density at radius 2 is 2.44 bits per heavy atom. The van der Waals surface area contributed by atoms with Crippen LogP contribution in [0.15, 0.2) is 24.4 Å². The zero-order chi connectivity index (χ0) is 11.0. The van der Waals surface area contributed by atoms with Crippen LogP contribution in [-0.2, 0) is 4.74 Å². The molecule has 1 fully saturated rings. The van der Waals surface area contributed by atoms with Crippen LogP contribution in [-0.4, -0.2) is 23.1 Å². The van der Waals surface area contributed by atoms with Gasteiger partial charge >= 0.3 is 0 Å². The molecule has 4 heteroatoms. The third kappa shape index (κ3) is 1.46. The largest absolute Gasteiger partial charge is 0.482 e. The van der Waals surface area contributed by atoms with Gasteiger partial charge in [0.2, 0.25) is 0 Å². The van der Waals surface area contributed by atoms with Crippen molar-refractivity contribution in [2.75, 3.05) is 13.7 Å². The predicted molar refractivity (Wildman–Crippen MR) is 59.7 cm³/mol. The van der Waals surface area contributed by atoms with Gasteiger partial charge in [-0.1, -0.05) is 6.07 Å². The van der Waals surface area contributed by atoms with Gasteiger partial charge < -0.3 is 9.47 Å². The van der Waals surface area contributed by atoms with Gasteiger partial charge in [-0.2, -0.15) is 0 Å². The van der Waals surface area contributed by atoms with E-state index < -0.39 is 0 Å². The third-order valence-corrected chi connectivity index (χ3v) is 2.94. The van der Waals surface area contributed by atoms with E-state index in [1.807, 2.05) is 28.8 Å². The Hall–Kier alpha value is -1.55. The number of fused-ring (bicyclic) bond motifs is 1. The van der Waals surface area contributed by atoms with E-state index in [1.54, 1.807) is 7.11 Å². The van der Waals surface area contributed by atoms with E-state index in [4.69, 9.17) is 9.47 Å². The van der Waals surface area contributed by atoms with Gasteiger partial charge in [0.25, 0.3) is 0 Å². The lowest BCUT2D eigenvalue weighted by Gasteiger charge is -2.03. The van der Waals surface area contributed by atoms with Crippen LogP contribution in [0.1, 0.15) is 24.6 Å². The maximum absolute atomic E-state index is 5.63. The number of ether oxygens (including phenoxy) is 2. The Morgan fingerprint density at radius 3 is 3.19 bits per heavy atom. The number of nitrogens with zero attached hydrogens (tertiary/aromatic N) is 2. The summed E-state index contributed by atoms with van der Waals surface area (Å²) in [6.07, 6.45) is 4.34. The zero-order valence-corrected chi connectivity index (χ0v) is 9.22. The molecule has 3 heterocycles. The van der Waals surface area contributed by atoms with Crippen LogP contribution in [0.2, 0.25) is 0 Å². The molecule has 1 atom stereocenters. The first-order chi connectivity index (χ1) is 7.88. The summed E-state index contributed by atoms with van der Waals surface area (Å²) in [6.45, 7) is 0.843. The molecule has 1 saturated heterocycles. The smallest absolute Gasteiger partial charge is 0.198 e. The molecule has 2 aromatic rings. The highest BCUT2D eigenvalue weighted by atomic mass is 16.5. The summed E-state index contributed by atoms with van der Waals surface area (Å²) in [5.41, 5.74) is 1.91. The second kappa shape index (κ2) is 3.79. The Kier molecular flexibility index (Phi) is 2.29. The highest BCUT2D eigenvalue weighted by Crippen LogP contribution is 2.28. The minimum atomic E-state index is 0.157. The molecule has 0 N–H and O–H groups in total. The third-order valence-electron chi connectivity index (χ3n) is 2.94. The van der Waals surface area contributed by atoms with Gasteiger partial charge in [-0.25, -0.2) is 4.98 Å². The fraction of sp³-hybridized carbons (Fsp3) is 0.417. The molecule has 3 rings (SSSR count). The van der Waals surface area contributed by atoms with E-state index in [2.05, 4.69) is 4.98 Å². The summed E-state index contributed by atoms with van der Waals surface area (Å²) < 4.78 is 12.9. The fourth-order valence-electron chi connectivity index (χ4n) is 2.14. The van der Waals surface area contributed by atoms with Crippen LogP contribution < -0.4 is 4.74 Å². The van der Waals surface area contributed by atoms with E-state index in [0.29, 0.717) is 0 Å². The van der Waals surface area contributed by atoms with E-state index in [-0.39, 0.29) is 6.10 Å². The number of hydrogen-bond acceptors (Lipinski definition) is 3. The van der Waals surface area contributed by atoms with Crippen molar-refractivity contribution in [2.24, 2.45) is 0 Å². The van der Waals surface area contributed by atoms with Crippen LogP contribution >= 0.6 is 0 Å². The average molecular weight is 218 g/mol. The van der Waals surface area contributed by atoms with Gasteiger partial charge in [0.15, 0.2) is 5.88 Å². The molecule has 0 amide bonds. The van der Waals surface area contributed by atoms with E-state index >= 15 is 0 Å². The topological polar surface area (TPSA) is 35.8 Å². The number of imidazole rings is 1. The first kappa shape index (κ1) is 9.66. The van der Waals surface area contributed by atoms with Crippen molar-refractivity contribution >= 4 is 5.65 Å². The first-order valence-corrected chi connectivity index (χ1v) is 5.52. The number of aromatic nitrogens is 2. The summed E-state index contributed by atoms with van der Waals surface area (Å²) >= 11 is 0. The summed E-state index contributed by atoms with van der Waals surface area (Å²) in [4.78, 5) is 4.56. The van der Waals surface area contributed by atoms with Gasteiger partial charge in [-0.05, 0) is 25.0 Å². The molecule has 4 nitrogen and oxygen atoms in total. The Balaban J connectivity index is 2.07. The highest BCUT2D eigenvalue weighted by molar-refractivity contribution is 5.44. The van der Waals surface area contributed by atoms with Gasteiger partial charge in [-0.3, -0.25) is 4.40 Å². The van der Waals surface area contributed by atoms with Crippen molar-refractivity contribution in [3.05, 3.63) is 30.1 Å². The van der Waals surface area contributed by atoms with Crippen molar-refractivity contribution < 1.29 is 9.47 Å². The lowest BCUT2D eigenvalue weighted by molar-refractivity contribution is 0.109. The fourth-order valence-corrected chi connectivity index (χ4v) is 2.14. The van der Waals surface area contributed by atoms with Crippen molar-refractivity contribution in [3.63, 3.8) is 0 Å². The maximum atomic E-state index is 5.63. The van der Waals surface area contributed by atoms with Crippen molar-refractivity contribution in [2.45, 2.75) is 18.9 Å². The number of methoxy groups -OCH3 is 1. The molecule has 1 aliphatic heterocycles.